The van der Waals surface area contributed by atoms with E-state index in [9.17, 15) is 9.59 Å². The van der Waals surface area contributed by atoms with Crippen LogP contribution in [0.3, 0.4) is 0 Å². The number of carbonyl (C=O) groups is 2. The molecule has 20 heavy (non-hydrogen) atoms. The molecule has 1 amide bonds. The quantitative estimate of drug-likeness (QED) is 0.649. The number of carbonyl (C=O) groups excluding carboxylic acids is 1. The Balaban J connectivity index is 2.33. The van der Waals surface area contributed by atoms with Crippen LogP contribution in [0.2, 0.25) is 0 Å². The number of amides is 1. The maximum atomic E-state index is 11.4. The molecule has 0 bridgehead atoms. The molecule has 0 radical (unpaired) electrons. The number of carboxylic acid groups (broad SMARTS) is 1. The van der Waals surface area contributed by atoms with Crippen LogP contribution in [0.25, 0.3) is 0 Å². The van der Waals surface area contributed by atoms with E-state index in [0.29, 0.717) is 24.7 Å². The zero-order chi connectivity index (χ0) is 14.8. The first-order valence-electron chi connectivity index (χ1n) is 5.93. The third-order valence-corrected chi connectivity index (χ3v) is 2.15. The number of nitrogens with one attached hydrogen (secondary N) is 1. The molecule has 0 spiro atoms. The van der Waals surface area contributed by atoms with Gasteiger partial charge in [-0.25, -0.2) is 4.79 Å². The monoisotopic (exact) mass is 283 g/mol. The lowest BCUT2D eigenvalue weighted by Crippen LogP contribution is -2.20. The predicted molar refractivity (Wildman–Crippen MR) is 70.9 cm³/mol. The van der Waals surface area contributed by atoms with E-state index in [1.165, 1.54) is 0 Å². The van der Waals surface area contributed by atoms with Crippen molar-refractivity contribution in [2.45, 2.75) is 0 Å². The highest BCUT2D eigenvalue weighted by Crippen LogP contribution is 2.15. The zero-order valence-corrected chi connectivity index (χ0v) is 11.1. The van der Waals surface area contributed by atoms with Crippen molar-refractivity contribution in [2.75, 3.05) is 38.9 Å². The summed E-state index contributed by atoms with van der Waals surface area (Å²) in [6.07, 6.45) is 0. The maximum absolute atomic E-state index is 11.4. The summed E-state index contributed by atoms with van der Waals surface area (Å²) >= 11 is 0. The molecule has 7 heteroatoms. The largest absolute Gasteiger partial charge is 0.491 e. The second-order valence-corrected chi connectivity index (χ2v) is 3.80. The summed E-state index contributed by atoms with van der Waals surface area (Å²) in [4.78, 5) is 21.6. The van der Waals surface area contributed by atoms with Crippen molar-refractivity contribution in [2.24, 2.45) is 0 Å². The minimum Gasteiger partial charge on any atom is -0.491 e. The Morgan fingerprint density at radius 2 is 1.85 bits per heavy atom. The van der Waals surface area contributed by atoms with Gasteiger partial charge in [0.1, 0.15) is 25.6 Å². The highest BCUT2D eigenvalue weighted by molar-refractivity contribution is 5.91. The molecule has 0 unspecified atom stereocenters. The van der Waals surface area contributed by atoms with Gasteiger partial charge >= 0.3 is 5.97 Å². The van der Waals surface area contributed by atoms with Crippen molar-refractivity contribution in [3.05, 3.63) is 24.3 Å². The van der Waals surface area contributed by atoms with Crippen LogP contribution in [-0.4, -0.2) is 50.5 Å². The van der Waals surface area contributed by atoms with Gasteiger partial charge < -0.3 is 24.6 Å². The number of aliphatic carboxylic acids is 1. The fourth-order valence-corrected chi connectivity index (χ4v) is 1.31. The smallest absolute Gasteiger partial charge is 0.329 e. The Labute approximate surface area is 116 Å². The van der Waals surface area contributed by atoms with Crippen molar-refractivity contribution in [1.29, 1.82) is 0 Å². The average Bonchev–Trinajstić information content (AvgIpc) is 2.40. The number of benzene rings is 1. The van der Waals surface area contributed by atoms with E-state index in [2.05, 4.69) is 10.1 Å². The average molecular weight is 283 g/mol. The lowest BCUT2D eigenvalue weighted by Gasteiger charge is -2.08. The Hall–Kier alpha value is -2.12. The third-order valence-electron chi connectivity index (χ3n) is 2.15. The molecule has 0 atom stereocenters. The molecule has 2 N–H and O–H groups in total. The molecule has 7 nitrogen and oxygen atoms in total. The summed E-state index contributed by atoms with van der Waals surface area (Å²) in [6.45, 7) is 0.142. The van der Waals surface area contributed by atoms with Gasteiger partial charge in [0.05, 0.1) is 6.61 Å². The van der Waals surface area contributed by atoms with Crippen LogP contribution < -0.4 is 10.1 Å². The maximum Gasteiger partial charge on any atom is 0.329 e. The standard InChI is InChI=1S/C13H17NO6/c1-18-6-7-20-11-4-2-10(3-5-11)14-12(15)8-19-9-13(16)17/h2-5H,6-9H2,1H3,(H,14,15)(H,16,17). The summed E-state index contributed by atoms with van der Waals surface area (Å²) in [5.41, 5.74) is 0.577. The molecule has 0 aliphatic carbocycles. The minimum atomic E-state index is -1.12. The Morgan fingerprint density at radius 3 is 2.45 bits per heavy atom. The Bertz CT molecular complexity index is 431. The molecule has 0 heterocycles. The predicted octanol–water partition coefficient (Wildman–Crippen LogP) is 0.751. The van der Waals surface area contributed by atoms with Crippen LogP contribution in [0, 0.1) is 0 Å². The van der Waals surface area contributed by atoms with Crippen LogP contribution in [0.1, 0.15) is 0 Å². The third kappa shape index (κ3) is 6.72. The minimum absolute atomic E-state index is 0.307. The van der Waals surface area contributed by atoms with Gasteiger partial charge in [0.2, 0.25) is 5.91 Å². The first-order valence-corrected chi connectivity index (χ1v) is 5.93. The number of hydrogen-bond donors (Lipinski definition) is 2. The molecular formula is C13H17NO6. The lowest BCUT2D eigenvalue weighted by molar-refractivity contribution is -0.143. The van der Waals surface area contributed by atoms with Crippen molar-refractivity contribution in [3.63, 3.8) is 0 Å². The summed E-state index contributed by atoms with van der Waals surface area (Å²) in [6, 6.07) is 6.78. The van der Waals surface area contributed by atoms with Crippen molar-refractivity contribution in [3.8, 4) is 5.75 Å². The first kappa shape index (κ1) is 15.9. The summed E-state index contributed by atoms with van der Waals surface area (Å²) in [5, 5.41) is 10.9. The fourth-order valence-electron chi connectivity index (χ4n) is 1.31. The Morgan fingerprint density at radius 1 is 1.15 bits per heavy atom. The molecular weight excluding hydrogens is 266 g/mol. The molecule has 1 aromatic rings. The lowest BCUT2D eigenvalue weighted by atomic mass is 10.3. The molecule has 0 saturated carbocycles. The van der Waals surface area contributed by atoms with E-state index in [-0.39, 0.29) is 6.61 Å². The van der Waals surface area contributed by atoms with E-state index in [0.717, 1.165) is 0 Å². The van der Waals surface area contributed by atoms with E-state index in [4.69, 9.17) is 14.6 Å². The summed E-state index contributed by atoms with van der Waals surface area (Å²) in [7, 11) is 1.59. The number of ether oxygens (including phenoxy) is 3. The van der Waals surface area contributed by atoms with E-state index in [1.807, 2.05) is 0 Å². The number of carboxylic acids is 1. The number of anilines is 1. The number of methoxy groups -OCH3 is 1. The van der Waals surface area contributed by atoms with E-state index >= 15 is 0 Å². The van der Waals surface area contributed by atoms with Crippen LogP contribution in [-0.2, 0) is 19.1 Å². The summed E-state index contributed by atoms with van der Waals surface area (Å²) in [5.74, 6) is -0.864. The van der Waals surface area contributed by atoms with Gasteiger partial charge in [-0.05, 0) is 24.3 Å². The van der Waals surface area contributed by atoms with Crippen molar-refractivity contribution >= 4 is 17.6 Å². The van der Waals surface area contributed by atoms with Gasteiger partial charge in [0.15, 0.2) is 0 Å². The molecule has 0 fully saturated rings. The SMILES string of the molecule is COCCOc1ccc(NC(=O)COCC(=O)O)cc1. The highest BCUT2D eigenvalue weighted by atomic mass is 16.5. The van der Waals surface area contributed by atoms with Gasteiger partial charge in [-0.1, -0.05) is 0 Å². The van der Waals surface area contributed by atoms with Crippen LogP contribution in [0.15, 0.2) is 24.3 Å². The van der Waals surface area contributed by atoms with Crippen molar-refractivity contribution in [1.82, 2.24) is 0 Å². The van der Waals surface area contributed by atoms with Gasteiger partial charge in [0.25, 0.3) is 0 Å². The van der Waals surface area contributed by atoms with Gasteiger partial charge in [-0.15, -0.1) is 0 Å². The number of rotatable bonds is 9. The van der Waals surface area contributed by atoms with Crippen molar-refractivity contribution < 1.29 is 28.9 Å². The normalized spacial score (nSPS) is 10.1. The number of hydrogen-bond acceptors (Lipinski definition) is 5. The van der Waals surface area contributed by atoms with Crippen LogP contribution >= 0.6 is 0 Å². The second-order valence-electron chi connectivity index (χ2n) is 3.80. The summed E-state index contributed by atoms with van der Waals surface area (Å²) < 4.78 is 14.9. The molecule has 110 valence electrons. The molecule has 1 aromatic carbocycles. The molecule has 0 saturated heterocycles. The molecule has 0 aliphatic heterocycles. The van der Waals surface area contributed by atoms with Gasteiger partial charge in [-0.2, -0.15) is 0 Å². The second kappa shape index (κ2) is 8.89. The van der Waals surface area contributed by atoms with E-state index < -0.39 is 18.5 Å². The molecule has 0 aromatic heterocycles. The molecule has 1 rings (SSSR count). The highest BCUT2D eigenvalue weighted by Gasteiger charge is 2.04. The Kier molecular flexibility index (Phi) is 7.08. The van der Waals surface area contributed by atoms with Crippen LogP contribution in [0.4, 0.5) is 5.69 Å². The van der Waals surface area contributed by atoms with Gasteiger partial charge in [-0.3, -0.25) is 4.79 Å². The van der Waals surface area contributed by atoms with Crippen LogP contribution in [0.5, 0.6) is 5.75 Å². The first-order chi connectivity index (χ1) is 9.61. The van der Waals surface area contributed by atoms with E-state index in [1.54, 1.807) is 31.4 Å². The molecule has 0 aliphatic rings. The van der Waals surface area contributed by atoms with Gasteiger partial charge in [0, 0.05) is 12.8 Å². The topological polar surface area (TPSA) is 94.1 Å². The zero-order valence-electron chi connectivity index (χ0n) is 11.1. The fraction of sp³-hybridized carbons (Fsp3) is 0.385.